The largest absolute Gasteiger partial charge is 0.487 e. The van der Waals surface area contributed by atoms with Crippen molar-refractivity contribution in [3.05, 3.63) is 217 Å². The Morgan fingerprint density at radius 2 is 0.964 bits per heavy atom. The average molecular weight is 735 g/mol. The van der Waals surface area contributed by atoms with Crippen LogP contribution in [0.5, 0.6) is 11.5 Å². The molecule has 0 saturated carbocycles. The lowest BCUT2D eigenvalue weighted by Gasteiger charge is -2.27. The van der Waals surface area contributed by atoms with E-state index in [-0.39, 0.29) is 0 Å². The van der Waals surface area contributed by atoms with Gasteiger partial charge in [0.15, 0.2) is 0 Å². The molecule has 0 unspecified atom stereocenters. The monoisotopic (exact) mass is 734 g/mol. The summed E-state index contributed by atoms with van der Waals surface area (Å²) in [7, 11) is 0. The van der Waals surface area contributed by atoms with Gasteiger partial charge in [0.25, 0.3) is 0 Å². The lowest BCUT2D eigenvalue weighted by molar-refractivity contribution is 0.363. The molecule has 0 atom stereocenters. The smallest absolute Gasteiger partial charge is 0.143 e. The quantitative estimate of drug-likeness (QED) is 0.0659. The van der Waals surface area contributed by atoms with E-state index in [1.54, 1.807) is 12.2 Å². The summed E-state index contributed by atoms with van der Waals surface area (Å²) < 4.78 is 12.2. The topological polar surface area (TPSA) is 72.5 Å². The predicted molar refractivity (Wildman–Crippen MR) is 231 cm³/mol. The van der Waals surface area contributed by atoms with Crippen LogP contribution < -0.4 is 19.3 Å². The minimum atomic E-state index is 0.357. The molecule has 0 aliphatic rings. The number of anilines is 4. The van der Waals surface area contributed by atoms with Gasteiger partial charge in [-0.05, 0) is 122 Å². The predicted octanol–water partition coefficient (Wildman–Crippen LogP) is 12.2. The molecule has 6 heteroatoms. The lowest BCUT2D eigenvalue weighted by atomic mass is 9.91. The van der Waals surface area contributed by atoms with Gasteiger partial charge in [-0.2, -0.15) is 10.5 Å². The van der Waals surface area contributed by atoms with E-state index in [1.807, 2.05) is 133 Å². The van der Waals surface area contributed by atoms with Crippen molar-refractivity contribution in [2.75, 3.05) is 23.0 Å². The third kappa shape index (κ3) is 9.63. The summed E-state index contributed by atoms with van der Waals surface area (Å²) in [5.74, 6) is 1.46. The van der Waals surface area contributed by atoms with E-state index >= 15 is 0 Å². The second kappa shape index (κ2) is 19.7. The summed E-state index contributed by atoms with van der Waals surface area (Å²) in [5.41, 5.74) is 9.69. The summed E-state index contributed by atoms with van der Waals surface area (Å²) in [6.45, 7) is 21.3. The van der Waals surface area contributed by atoms with Crippen LogP contribution in [0.2, 0.25) is 0 Å². The highest BCUT2D eigenvalue weighted by Crippen LogP contribution is 2.39. The van der Waals surface area contributed by atoms with E-state index < -0.39 is 0 Å². The fraction of sp³-hybridized carbons (Fsp3) is 0.120. The summed E-state index contributed by atoms with van der Waals surface area (Å²) in [6, 6.07) is 40.4. The highest BCUT2D eigenvalue weighted by molar-refractivity contribution is 5.76. The molecule has 0 fully saturated rings. The zero-order valence-corrected chi connectivity index (χ0v) is 32.1. The van der Waals surface area contributed by atoms with E-state index in [9.17, 15) is 10.5 Å². The third-order valence-corrected chi connectivity index (χ3v) is 9.16. The van der Waals surface area contributed by atoms with Gasteiger partial charge in [0.1, 0.15) is 36.9 Å². The van der Waals surface area contributed by atoms with Crippen LogP contribution in [-0.2, 0) is 12.8 Å². The number of benzene rings is 5. The minimum absolute atomic E-state index is 0.357. The van der Waals surface area contributed by atoms with Gasteiger partial charge >= 0.3 is 0 Å². The normalized spacial score (nSPS) is 10.7. The Bertz CT molecular complexity index is 2170. The van der Waals surface area contributed by atoms with E-state index in [1.165, 1.54) is 0 Å². The van der Waals surface area contributed by atoms with E-state index in [0.29, 0.717) is 48.6 Å². The van der Waals surface area contributed by atoms with Crippen LogP contribution in [0.15, 0.2) is 183 Å². The van der Waals surface area contributed by atoms with Gasteiger partial charge in [0.2, 0.25) is 0 Å². The van der Waals surface area contributed by atoms with Crippen molar-refractivity contribution >= 4 is 22.7 Å². The Morgan fingerprint density at radius 1 is 0.589 bits per heavy atom. The van der Waals surface area contributed by atoms with E-state index in [0.717, 1.165) is 56.5 Å². The van der Waals surface area contributed by atoms with Gasteiger partial charge in [0.05, 0.1) is 22.5 Å². The number of nitrogens with zero attached hydrogens (tertiary/aromatic N) is 4. The number of rotatable bonds is 18. The summed E-state index contributed by atoms with van der Waals surface area (Å²) in [4.78, 5) is 4.04. The van der Waals surface area contributed by atoms with Crippen LogP contribution in [0.1, 0.15) is 47.2 Å². The molecule has 0 spiro atoms. The summed E-state index contributed by atoms with van der Waals surface area (Å²) >= 11 is 0. The molecule has 0 aliphatic carbocycles. The molecule has 0 aliphatic heterocycles. The third-order valence-electron chi connectivity index (χ3n) is 9.16. The van der Waals surface area contributed by atoms with Crippen LogP contribution in [-0.4, -0.2) is 13.2 Å². The number of hydrogen-bond acceptors (Lipinski definition) is 6. The fourth-order valence-electron chi connectivity index (χ4n) is 6.27. The fourth-order valence-corrected chi connectivity index (χ4v) is 6.27. The Morgan fingerprint density at radius 3 is 1.30 bits per heavy atom. The lowest BCUT2D eigenvalue weighted by Crippen LogP contribution is -2.15. The number of ether oxygens (including phenoxy) is 2. The zero-order chi connectivity index (χ0) is 39.9. The molecule has 5 aromatic carbocycles. The van der Waals surface area contributed by atoms with Crippen LogP contribution in [0.4, 0.5) is 22.7 Å². The number of para-hydroxylation sites is 4. The molecule has 5 rings (SSSR count). The van der Waals surface area contributed by atoms with E-state index in [2.05, 4.69) is 62.7 Å². The van der Waals surface area contributed by atoms with Gasteiger partial charge in [-0.3, -0.25) is 0 Å². The van der Waals surface area contributed by atoms with Crippen LogP contribution in [0.3, 0.4) is 0 Å². The molecule has 0 radical (unpaired) electrons. The molecule has 0 bridgehead atoms. The van der Waals surface area contributed by atoms with Gasteiger partial charge in [-0.1, -0.05) is 99.2 Å². The summed E-state index contributed by atoms with van der Waals surface area (Å²) in [5, 5.41) is 19.9. The van der Waals surface area contributed by atoms with Crippen LogP contribution in [0, 0.1) is 22.7 Å². The zero-order valence-electron chi connectivity index (χ0n) is 32.1. The first-order valence-corrected chi connectivity index (χ1v) is 18.4. The van der Waals surface area contributed by atoms with Crippen molar-refractivity contribution in [2.45, 2.75) is 26.7 Å². The Balaban J connectivity index is 1.44. The highest BCUT2D eigenvalue weighted by Gasteiger charge is 2.19. The van der Waals surface area contributed by atoms with Gasteiger partial charge in [0, 0.05) is 22.8 Å². The van der Waals surface area contributed by atoms with Gasteiger partial charge < -0.3 is 19.3 Å². The molecule has 0 saturated heterocycles. The molecule has 0 N–H and O–H groups in total. The number of allylic oxidation sites excluding steroid dienone is 4. The molecule has 5 aromatic rings. The SMILES string of the molecule is C=CC(=C)N(c1ccc(Cc2cc(C#N)c(C#N)cc2Cc2ccc(N(C(=C)C=C)c3ccccc3OC/C=C\C)cc2)cc1)c1ccccc1OC/C=C\C. The molecule has 278 valence electrons. The molecular formula is C50H46N4O2. The van der Waals surface area contributed by atoms with Crippen molar-refractivity contribution in [1.82, 2.24) is 0 Å². The van der Waals surface area contributed by atoms with Gasteiger partial charge in [-0.15, -0.1) is 0 Å². The molecule has 0 heterocycles. The van der Waals surface area contributed by atoms with Crippen LogP contribution >= 0.6 is 0 Å². The maximum atomic E-state index is 9.95. The average Bonchev–Trinajstić information content (AvgIpc) is 3.23. The van der Waals surface area contributed by atoms with Crippen molar-refractivity contribution in [3.8, 4) is 23.6 Å². The van der Waals surface area contributed by atoms with Crippen molar-refractivity contribution in [1.29, 1.82) is 10.5 Å². The second-order valence-electron chi connectivity index (χ2n) is 12.8. The first-order valence-electron chi connectivity index (χ1n) is 18.4. The second-order valence-corrected chi connectivity index (χ2v) is 12.8. The number of nitriles is 2. The maximum absolute atomic E-state index is 9.95. The Hall–Kier alpha value is -7.28. The van der Waals surface area contributed by atoms with Crippen molar-refractivity contribution < 1.29 is 9.47 Å². The Kier molecular flexibility index (Phi) is 14.0. The van der Waals surface area contributed by atoms with Crippen molar-refractivity contribution in [2.24, 2.45) is 0 Å². The first-order chi connectivity index (χ1) is 27.3. The summed E-state index contributed by atoms with van der Waals surface area (Å²) in [6.07, 6.45) is 12.4. The minimum Gasteiger partial charge on any atom is -0.487 e. The first kappa shape index (κ1) is 39.9. The molecule has 0 amide bonds. The molecule has 6 nitrogen and oxygen atoms in total. The maximum Gasteiger partial charge on any atom is 0.143 e. The standard InChI is InChI=1S/C50H46N4O2/c1-7-11-29-55-49-19-15-13-17-47(49)53(37(5)9-3)45-25-21-39(22-26-45)31-41-33-43(35-51)44(36-52)34-42(41)32-40-23-27-46(28-24-40)54(38(6)10-4)48-18-14-16-20-50(48)56-30-12-8-2/h7-28,33-34H,3-6,29-32H2,1-2H3/b11-7-,12-8-. The molecule has 56 heavy (non-hydrogen) atoms. The molecule has 0 aromatic heterocycles. The van der Waals surface area contributed by atoms with E-state index in [4.69, 9.17) is 9.47 Å². The Labute approximate surface area is 331 Å². The molecular weight excluding hydrogens is 689 g/mol. The van der Waals surface area contributed by atoms with Crippen LogP contribution in [0.25, 0.3) is 0 Å². The highest BCUT2D eigenvalue weighted by atomic mass is 16.5. The van der Waals surface area contributed by atoms with Crippen molar-refractivity contribution in [3.63, 3.8) is 0 Å². The van der Waals surface area contributed by atoms with Gasteiger partial charge in [-0.25, -0.2) is 0 Å². The number of hydrogen-bond donors (Lipinski definition) is 0.